The first kappa shape index (κ1) is 23.1. The lowest BCUT2D eigenvalue weighted by molar-refractivity contribution is -0.136. The maximum absolute atomic E-state index is 12.4. The van der Waals surface area contributed by atoms with Gasteiger partial charge in [-0.3, -0.25) is 4.79 Å². The third kappa shape index (κ3) is 4.39. The molecule has 0 aliphatic carbocycles. The van der Waals surface area contributed by atoms with Crippen molar-refractivity contribution < 1.29 is 24.5 Å². The lowest BCUT2D eigenvalue weighted by Crippen LogP contribution is -2.36. The summed E-state index contributed by atoms with van der Waals surface area (Å²) in [5.74, 6) is -0.412. The molecule has 3 heterocycles. The molecule has 4 rings (SSSR count). The smallest absolute Gasteiger partial charge is 0.338 e. The first-order chi connectivity index (χ1) is 16.3. The Hall–Kier alpha value is -4.07. The fourth-order valence-electron chi connectivity index (χ4n) is 3.96. The number of ether oxygens (including phenoxy) is 1. The van der Waals surface area contributed by atoms with Gasteiger partial charge in [-0.15, -0.1) is 0 Å². The molecule has 1 atom stereocenters. The summed E-state index contributed by atoms with van der Waals surface area (Å²) < 4.78 is 6.60. The minimum Gasteiger partial charge on any atom is -0.457 e. The summed E-state index contributed by atoms with van der Waals surface area (Å²) in [6.07, 6.45) is 3.71. The molecule has 10 heteroatoms. The van der Waals surface area contributed by atoms with Gasteiger partial charge >= 0.3 is 5.97 Å². The lowest BCUT2D eigenvalue weighted by atomic mass is 9.95. The number of carbonyl (C=O) groups excluding carboxylic acids is 2. The number of aliphatic hydroxyl groups excluding tert-OH is 2. The van der Waals surface area contributed by atoms with Gasteiger partial charge in [-0.25, -0.2) is 14.5 Å². The molecule has 2 N–H and O–H groups in total. The number of aliphatic hydroxyl groups is 2. The molecule has 34 heavy (non-hydrogen) atoms. The van der Waals surface area contributed by atoms with Crippen LogP contribution in [0.3, 0.4) is 0 Å². The molecule has 2 aromatic heterocycles. The normalized spacial score (nSPS) is 13.2. The van der Waals surface area contributed by atoms with Gasteiger partial charge < -0.3 is 19.8 Å². The Bertz CT molecular complexity index is 1310. The Morgan fingerprint density at radius 3 is 2.85 bits per heavy atom. The number of cyclic esters (lactones) is 1. The average molecular weight is 461 g/mol. The van der Waals surface area contributed by atoms with E-state index in [0.717, 1.165) is 16.7 Å². The molecule has 0 fully saturated rings. The molecule has 0 saturated heterocycles. The Kier molecular flexibility index (Phi) is 6.40. The molecule has 3 aromatic rings. The number of pyridine rings is 1. The number of esters is 1. The van der Waals surface area contributed by atoms with E-state index in [4.69, 9.17) is 10.00 Å². The summed E-state index contributed by atoms with van der Waals surface area (Å²) in [4.78, 5) is 29.8. The zero-order chi connectivity index (χ0) is 24.4. The number of hydrogen-bond acceptors (Lipinski definition) is 8. The van der Waals surface area contributed by atoms with Crippen LogP contribution in [0.1, 0.15) is 49.8 Å². The van der Waals surface area contributed by atoms with Gasteiger partial charge in [0.25, 0.3) is 0 Å². The van der Waals surface area contributed by atoms with Crippen LogP contribution in [-0.4, -0.2) is 54.9 Å². The first-order valence-corrected chi connectivity index (χ1v) is 10.6. The number of aryl methyl sites for hydroxylation is 1. The summed E-state index contributed by atoms with van der Waals surface area (Å²) >= 11 is 0. The molecule has 0 saturated carbocycles. The van der Waals surface area contributed by atoms with Crippen LogP contribution in [0.5, 0.6) is 0 Å². The summed E-state index contributed by atoms with van der Waals surface area (Å²) in [5, 5.41) is 33.7. The minimum absolute atomic E-state index is 0.0623. The second-order valence-corrected chi connectivity index (χ2v) is 8.09. The molecule has 10 nitrogen and oxygen atoms in total. The molecule has 1 aromatic carbocycles. The number of hydrogen-bond donors (Lipinski definition) is 2. The number of benzene rings is 1. The maximum atomic E-state index is 12.4. The van der Waals surface area contributed by atoms with E-state index in [9.17, 15) is 19.8 Å². The summed E-state index contributed by atoms with van der Waals surface area (Å²) in [6, 6.07) is 7.08. The van der Waals surface area contributed by atoms with Crippen LogP contribution >= 0.6 is 0 Å². The second kappa shape index (κ2) is 9.43. The van der Waals surface area contributed by atoms with Crippen LogP contribution in [0.2, 0.25) is 0 Å². The van der Waals surface area contributed by atoms with E-state index in [1.807, 2.05) is 0 Å². The molecular formula is C24H23N5O5. The van der Waals surface area contributed by atoms with Gasteiger partial charge in [0.15, 0.2) is 5.82 Å². The van der Waals surface area contributed by atoms with Crippen molar-refractivity contribution in [1.82, 2.24) is 19.7 Å². The van der Waals surface area contributed by atoms with E-state index in [-0.39, 0.29) is 25.7 Å². The van der Waals surface area contributed by atoms with E-state index in [1.165, 1.54) is 15.8 Å². The SMILES string of the molecule is Cc1cc(-n2cc(CN(C[C@H](O)c3ccc4c(c3C)COC4=O)C(=O)CO)cn2)ncc1C#N. The summed E-state index contributed by atoms with van der Waals surface area (Å²) in [5.41, 5.74) is 4.44. The Morgan fingerprint density at radius 2 is 2.15 bits per heavy atom. The fourth-order valence-corrected chi connectivity index (χ4v) is 3.96. The van der Waals surface area contributed by atoms with Crippen LogP contribution in [0, 0.1) is 25.2 Å². The van der Waals surface area contributed by atoms with E-state index >= 15 is 0 Å². The molecular weight excluding hydrogens is 438 g/mol. The van der Waals surface area contributed by atoms with Crippen molar-refractivity contribution in [3.8, 4) is 11.9 Å². The van der Waals surface area contributed by atoms with Gasteiger partial charge in [0.1, 0.15) is 19.3 Å². The highest BCUT2D eigenvalue weighted by molar-refractivity contribution is 5.94. The number of fused-ring (bicyclic) bond motifs is 1. The van der Waals surface area contributed by atoms with Crippen LogP contribution in [0.4, 0.5) is 0 Å². The highest BCUT2D eigenvalue weighted by Crippen LogP contribution is 2.29. The zero-order valence-corrected chi connectivity index (χ0v) is 18.7. The summed E-state index contributed by atoms with van der Waals surface area (Å²) in [7, 11) is 0. The monoisotopic (exact) mass is 461 g/mol. The molecule has 0 bridgehead atoms. The second-order valence-electron chi connectivity index (χ2n) is 8.09. The molecule has 0 unspecified atom stereocenters. The van der Waals surface area contributed by atoms with E-state index < -0.39 is 18.6 Å². The quantitative estimate of drug-likeness (QED) is 0.504. The molecule has 174 valence electrons. The number of carbonyl (C=O) groups is 2. The van der Waals surface area contributed by atoms with Gasteiger partial charge in [0.05, 0.1) is 30.0 Å². The molecule has 1 aliphatic rings. The van der Waals surface area contributed by atoms with Crippen molar-refractivity contribution in [2.75, 3.05) is 13.2 Å². The molecule has 0 spiro atoms. The molecule has 1 amide bonds. The van der Waals surface area contributed by atoms with Crippen molar-refractivity contribution in [1.29, 1.82) is 5.26 Å². The number of nitriles is 1. The van der Waals surface area contributed by atoms with Crippen LogP contribution in [0.15, 0.2) is 36.8 Å². The topological polar surface area (TPSA) is 142 Å². The van der Waals surface area contributed by atoms with Crippen molar-refractivity contribution in [2.24, 2.45) is 0 Å². The van der Waals surface area contributed by atoms with Crippen LogP contribution in [-0.2, 0) is 22.7 Å². The summed E-state index contributed by atoms with van der Waals surface area (Å²) in [6.45, 7) is 3.10. The third-order valence-electron chi connectivity index (χ3n) is 5.91. The highest BCUT2D eigenvalue weighted by atomic mass is 16.5. The lowest BCUT2D eigenvalue weighted by Gasteiger charge is -2.25. The number of aromatic nitrogens is 3. The Morgan fingerprint density at radius 1 is 1.35 bits per heavy atom. The van der Waals surface area contributed by atoms with Gasteiger partial charge in [0, 0.05) is 30.1 Å². The van der Waals surface area contributed by atoms with Crippen LogP contribution in [0.25, 0.3) is 5.82 Å². The van der Waals surface area contributed by atoms with Gasteiger partial charge in [-0.2, -0.15) is 10.4 Å². The van der Waals surface area contributed by atoms with E-state index in [2.05, 4.69) is 16.2 Å². The van der Waals surface area contributed by atoms with Crippen molar-refractivity contribution in [2.45, 2.75) is 33.1 Å². The minimum atomic E-state index is -1.03. The first-order valence-electron chi connectivity index (χ1n) is 10.6. The van der Waals surface area contributed by atoms with Crippen LogP contribution < -0.4 is 0 Å². The third-order valence-corrected chi connectivity index (χ3v) is 5.91. The predicted molar refractivity (Wildman–Crippen MR) is 119 cm³/mol. The molecule has 1 aliphatic heterocycles. The number of amides is 1. The van der Waals surface area contributed by atoms with E-state index in [0.29, 0.717) is 28.1 Å². The largest absolute Gasteiger partial charge is 0.457 e. The maximum Gasteiger partial charge on any atom is 0.338 e. The molecule has 0 radical (unpaired) electrons. The van der Waals surface area contributed by atoms with Crippen molar-refractivity contribution >= 4 is 11.9 Å². The van der Waals surface area contributed by atoms with Gasteiger partial charge in [-0.05, 0) is 42.7 Å². The Balaban J connectivity index is 1.53. The Labute approximate surface area is 195 Å². The standard InChI is InChI=1S/C24H23N5O5/c1-14-5-22(26-8-17(14)6-25)29-10-16(7-27-29)9-28(23(32)12-30)11-21(31)18-3-4-19-20(15(18)2)13-34-24(19)33/h3-5,7-8,10,21,30-31H,9,11-13H2,1-2H3/t21-/m0/s1. The van der Waals surface area contributed by atoms with Crippen molar-refractivity contribution in [3.05, 3.63) is 75.7 Å². The van der Waals surface area contributed by atoms with Gasteiger partial charge in [0.2, 0.25) is 5.91 Å². The van der Waals surface area contributed by atoms with Gasteiger partial charge in [-0.1, -0.05) is 6.07 Å². The van der Waals surface area contributed by atoms with E-state index in [1.54, 1.807) is 44.4 Å². The predicted octanol–water partition coefficient (Wildman–Crippen LogP) is 1.48. The highest BCUT2D eigenvalue weighted by Gasteiger charge is 2.27. The fraction of sp³-hybridized carbons (Fsp3) is 0.292. The number of nitrogens with zero attached hydrogens (tertiary/aromatic N) is 5. The average Bonchev–Trinajstić information content (AvgIpc) is 3.45. The number of rotatable bonds is 7. The zero-order valence-electron chi connectivity index (χ0n) is 18.7. The van der Waals surface area contributed by atoms with Crippen molar-refractivity contribution in [3.63, 3.8) is 0 Å².